The van der Waals surface area contributed by atoms with Crippen molar-refractivity contribution in [2.75, 3.05) is 44.9 Å². The second-order valence-corrected chi connectivity index (χ2v) is 5.42. The highest BCUT2D eigenvalue weighted by atomic mass is 15.2. The summed E-state index contributed by atoms with van der Waals surface area (Å²) in [5, 5.41) is 11.4. The zero-order valence-corrected chi connectivity index (χ0v) is 12.5. The maximum Gasteiger partial charge on any atom is 0.134 e. The molecule has 1 aromatic heterocycles. The van der Waals surface area contributed by atoms with Crippen LogP contribution in [0.15, 0.2) is 12.3 Å². The Balaban J connectivity index is 2.18. The van der Waals surface area contributed by atoms with Crippen molar-refractivity contribution in [3.8, 4) is 0 Å². The fraction of sp³-hybridized carbons (Fsp3) is 0.571. The highest BCUT2D eigenvalue weighted by molar-refractivity contribution is 6.00. The predicted molar refractivity (Wildman–Crippen MR) is 83.5 cm³/mol. The summed E-state index contributed by atoms with van der Waals surface area (Å²) < 4.78 is 0. The van der Waals surface area contributed by atoms with Crippen LogP contribution in [0.2, 0.25) is 0 Å². The third-order valence-corrected chi connectivity index (χ3v) is 3.87. The summed E-state index contributed by atoms with van der Waals surface area (Å²) in [5.74, 6) is 0.805. The maximum atomic E-state index is 8.08. The lowest BCUT2D eigenvalue weighted by Crippen LogP contribution is -2.41. The number of amidine groups is 1. The molecule has 0 atom stereocenters. The first kappa shape index (κ1) is 14.6. The second-order valence-electron chi connectivity index (χ2n) is 5.42. The summed E-state index contributed by atoms with van der Waals surface area (Å²) in [5.41, 5.74) is 7.64. The van der Waals surface area contributed by atoms with Crippen molar-refractivity contribution in [1.29, 1.82) is 5.41 Å². The molecule has 20 heavy (non-hydrogen) atoms. The molecule has 6 nitrogen and oxygen atoms in total. The molecule has 1 aliphatic rings. The van der Waals surface area contributed by atoms with Crippen molar-refractivity contribution in [1.82, 2.24) is 15.2 Å². The molecule has 1 fully saturated rings. The molecule has 0 amide bonds. The van der Waals surface area contributed by atoms with Gasteiger partial charge in [0.05, 0.1) is 17.4 Å². The minimum absolute atomic E-state index is 0.391. The van der Waals surface area contributed by atoms with Gasteiger partial charge >= 0.3 is 0 Å². The lowest BCUT2D eigenvalue weighted by Gasteiger charge is -2.33. The Morgan fingerprint density at radius 2 is 2.10 bits per heavy atom. The summed E-state index contributed by atoms with van der Waals surface area (Å²) in [7, 11) is 5.70. The summed E-state index contributed by atoms with van der Waals surface area (Å²) in [6.07, 6.45) is 4.06. The number of aromatic nitrogens is 1. The summed E-state index contributed by atoms with van der Waals surface area (Å²) in [6.45, 7) is 2.01. The highest BCUT2D eigenvalue weighted by Gasteiger charge is 2.19. The Morgan fingerprint density at radius 1 is 1.45 bits per heavy atom. The average Bonchev–Trinajstić information content (AvgIpc) is 2.47. The van der Waals surface area contributed by atoms with Crippen LogP contribution < -0.4 is 16.0 Å². The van der Waals surface area contributed by atoms with E-state index in [9.17, 15) is 0 Å². The maximum absolute atomic E-state index is 8.08. The Hall–Kier alpha value is -1.82. The summed E-state index contributed by atoms with van der Waals surface area (Å²) >= 11 is 0. The molecule has 1 aromatic rings. The zero-order valence-electron chi connectivity index (χ0n) is 12.5. The van der Waals surface area contributed by atoms with Gasteiger partial charge in [0.2, 0.25) is 0 Å². The van der Waals surface area contributed by atoms with Crippen LogP contribution in [0.25, 0.3) is 0 Å². The lowest BCUT2D eigenvalue weighted by molar-refractivity contribution is 0.442. The van der Waals surface area contributed by atoms with Gasteiger partial charge in [-0.1, -0.05) is 0 Å². The van der Waals surface area contributed by atoms with Crippen molar-refractivity contribution in [2.24, 2.45) is 0 Å². The van der Waals surface area contributed by atoms with E-state index in [1.165, 1.54) is 0 Å². The smallest absolute Gasteiger partial charge is 0.134 e. The van der Waals surface area contributed by atoms with E-state index < -0.39 is 0 Å². The van der Waals surface area contributed by atoms with Gasteiger partial charge in [-0.25, -0.2) is 4.98 Å². The SMILES string of the molecule is CNC1CCN(c2cnc(N)c(C(=N)N(C)C)c2)CC1. The topological polar surface area (TPSA) is 81.3 Å². The van der Waals surface area contributed by atoms with Gasteiger partial charge in [0, 0.05) is 33.2 Å². The van der Waals surface area contributed by atoms with Crippen LogP contribution in [0.4, 0.5) is 11.5 Å². The number of rotatable bonds is 3. The molecule has 110 valence electrons. The Labute approximate surface area is 120 Å². The molecule has 0 bridgehead atoms. The van der Waals surface area contributed by atoms with Crippen molar-refractivity contribution >= 4 is 17.3 Å². The zero-order chi connectivity index (χ0) is 14.7. The minimum Gasteiger partial charge on any atom is -0.383 e. The highest BCUT2D eigenvalue weighted by Crippen LogP contribution is 2.23. The van der Waals surface area contributed by atoms with Gasteiger partial charge < -0.3 is 20.9 Å². The molecule has 1 saturated heterocycles. The number of piperidine rings is 1. The third kappa shape index (κ3) is 3.01. The van der Waals surface area contributed by atoms with Crippen LogP contribution in [0.3, 0.4) is 0 Å². The first-order valence-corrected chi connectivity index (χ1v) is 6.97. The van der Waals surface area contributed by atoms with E-state index in [1.54, 1.807) is 4.90 Å². The monoisotopic (exact) mass is 276 g/mol. The van der Waals surface area contributed by atoms with Crippen LogP contribution in [-0.4, -0.2) is 56.0 Å². The lowest BCUT2D eigenvalue weighted by atomic mass is 10.0. The van der Waals surface area contributed by atoms with Crippen molar-refractivity contribution in [2.45, 2.75) is 18.9 Å². The summed E-state index contributed by atoms with van der Waals surface area (Å²) in [6, 6.07) is 2.58. The standard InChI is InChI=1S/C14H24N6/c1-17-10-4-6-20(7-5-10)11-8-12(13(15)18-9-11)14(16)19(2)3/h8-10,16-17H,4-7H2,1-3H3,(H2,15,18). The van der Waals surface area contributed by atoms with Crippen LogP contribution >= 0.6 is 0 Å². The first-order chi connectivity index (χ1) is 9.52. The minimum atomic E-state index is 0.391. The van der Waals surface area contributed by atoms with Gasteiger partial charge in [-0.2, -0.15) is 0 Å². The predicted octanol–water partition coefficient (Wildman–Crippen LogP) is 0.739. The fourth-order valence-corrected chi connectivity index (χ4v) is 2.49. The quantitative estimate of drug-likeness (QED) is 0.560. The van der Waals surface area contributed by atoms with Gasteiger partial charge in [0.25, 0.3) is 0 Å². The normalized spacial score (nSPS) is 16.2. The number of hydrogen-bond donors (Lipinski definition) is 3. The average molecular weight is 276 g/mol. The van der Waals surface area contributed by atoms with Gasteiger partial charge in [-0.15, -0.1) is 0 Å². The third-order valence-electron chi connectivity index (χ3n) is 3.87. The van der Waals surface area contributed by atoms with Gasteiger partial charge in [0.1, 0.15) is 11.7 Å². The van der Waals surface area contributed by atoms with E-state index in [1.807, 2.05) is 33.4 Å². The first-order valence-electron chi connectivity index (χ1n) is 6.97. The Bertz CT molecular complexity index is 477. The molecule has 6 heteroatoms. The van der Waals surface area contributed by atoms with E-state index in [4.69, 9.17) is 11.1 Å². The number of nitrogens with zero attached hydrogens (tertiary/aromatic N) is 3. The molecule has 2 heterocycles. The molecule has 0 radical (unpaired) electrons. The number of nitrogen functional groups attached to an aromatic ring is 1. The van der Waals surface area contributed by atoms with Gasteiger partial charge in [-0.05, 0) is 26.0 Å². The molecule has 4 N–H and O–H groups in total. The van der Waals surface area contributed by atoms with Crippen LogP contribution in [-0.2, 0) is 0 Å². The van der Waals surface area contributed by atoms with Gasteiger partial charge in [-0.3, -0.25) is 5.41 Å². The molecular formula is C14H24N6. The van der Waals surface area contributed by atoms with Crippen molar-refractivity contribution in [3.63, 3.8) is 0 Å². The Morgan fingerprint density at radius 3 is 2.65 bits per heavy atom. The number of anilines is 2. The van der Waals surface area contributed by atoms with Crippen molar-refractivity contribution in [3.05, 3.63) is 17.8 Å². The van der Waals surface area contributed by atoms with E-state index in [0.717, 1.165) is 31.6 Å². The number of nitrogens with one attached hydrogen (secondary N) is 2. The number of pyridine rings is 1. The molecule has 0 saturated carbocycles. The molecular weight excluding hydrogens is 252 g/mol. The van der Waals surface area contributed by atoms with E-state index in [-0.39, 0.29) is 0 Å². The molecule has 0 unspecified atom stereocenters. The largest absolute Gasteiger partial charge is 0.383 e. The molecule has 0 aromatic carbocycles. The number of hydrogen-bond acceptors (Lipinski definition) is 5. The van der Waals surface area contributed by atoms with E-state index >= 15 is 0 Å². The van der Waals surface area contributed by atoms with Gasteiger partial charge in [0.15, 0.2) is 0 Å². The van der Waals surface area contributed by atoms with E-state index in [2.05, 4.69) is 15.2 Å². The molecule has 1 aliphatic heterocycles. The Kier molecular flexibility index (Phi) is 4.44. The second kappa shape index (κ2) is 6.09. The fourth-order valence-electron chi connectivity index (χ4n) is 2.49. The van der Waals surface area contributed by atoms with E-state index in [0.29, 0.717) is 23.3 Å². The van der Waals surface area contributed by atoms with Crippen LogP contribution in [0, 0.1) is 5.41 Å². The number of nitrogens with two attached hydrogens (primary N) is 1. The van der Waals surface area contributed by atoms with Crippen LogP contribution in [0.5, 0.6) is 0 Å². The molecule has 0 aliphatic carbocycles. The van der Waals surface area contributed by atoms with Crippen LogP contribution in [0.1, 0.15) is 18.4 Å². The van der Waals surface area contributed by atoms with Crippen molar-refractivity contribution < 1.29 is 0 Å². The molecule has 2 rings (SSSR count). The molecule has 0 spiro atoms. The summed E-state index contributed by atoms with van der Waals surface area (Å²) in [4.78, 5) is 8.30.